The SMILES string of the molecule is C[C@@]1(c2ccccc2)NC(=O)N(C(=O)C=Cc2ccc(C(F)(F)F)cc2)C1=O. The molecule has 0 spiro atoms. The highest BCUT2D eigenvalue weighted by Crippen LogP contribution is 2.30. The van der Waals surface area contributed by atoms with Gasteiger partial charge in [0, 0.05) is 6.08 Å². The largest absolute Gasteiger partial charge is 0.416 e. The van der Waals surface area contributed by atoms with E-state index in [1.54, 1.807) is 30.3 Å². The van der Waals surface area contributed by atoms with Crippen LogP contribution in [0.3, 0.4) is 0 Å². The predicted molar refractivity (Wildman–Crippen MR) is 94.7 cm³/mol. The molecule has 144 valence electrons. The summed E-state index contributed by atoms with van der Waals surface area (Å²) in [6, 6.07) is 11.7. The van der Waals surface area contributed by atoms with E-state index in [1.165, 1.54) is 25.1 Å². The molecule has 0 bridgehead atoms. The van der Waals surface area contributed by atoms with E-state index < -0.39 is 35.1 Å². The first-order valence-corrected chi connectivity index (χ1v) is 8.24. The fourth-order valence-electron chi connectivity index (χ4n) is 2.83. The van der Waals surface area contributed by atoms with Crippen molar-refractivity contribution in [3.63, 3.8) is 0 Å². The van der Waals surface area contributed by atoms with Gasteiger partial charge in [-0.25, -0.2) is 4.79 Å². The van der Waals surface area contributed by atoms with Gasteiger partial charge in [-0.2, -0.15) is 18.1 Å². The number of nitrogens with one attached hydrogen (secondary N) is 1. The summed E-state index contributed by atoms with van der Waals surface area (Å²) in [6.45, 7) is 1.50. The lowest BCUT2D eigenvalue weighted by Gasteiger charge is -2.21. The molecule has 8 heteroatoms. The number of nitrogens with zero attached hydrogens (tertiary/aromatic N) is 1. The van der Waals surface area contributed by atoms with E-state index >= 15 is 0 Å². The van der Waals surface area contributed by atoms with Crippen LogP contribution in [-0.4, -0.2) is 22.7 Å². The molecule has 0 aliphatic carbocycles. The van der Waals surface area contributed by atoms with Gasteiger partial charge in [-0.15, -0.1) is 0 Å². The molecule has 1 aliphatic rings. The molecule has 0 radical (unpaired) electrons. The number of urea groups is 1. The molecule has 5 nitrogen and oxygen atoms in total. The summed E-state index contributed by atoms with van der Waals surface area (Å²) in [5.74, 6) is -1.62. The average Bonchev–Trinajstić information content (AvgIpc) is 2.90. The maximum atomic E-state index is 12.7. The molecule has 2 aromatic rings. The summed E-state index contributed by atoms with van der Waals surface area (Å²) < 4.78 is 37.7. The number of imide groups is 3. The summed E-state index contributed by atoms with van der Waals surface area (Å²) >= 11 is 0. The Hall–Kier alpha value is -3.42. The van der Waals surface area contributed by atoms with E-state index in [4.69, 9.17) is 0 Å². The molecule has 1 saturated heterocycles. The van der Waals surface area contributed by atoms with Crippen molar-refractivity contribution >= 4 is 23.9 Å². The number of rotatable bonds is 3. The highest BCUT2D eigenvalue weighted by Gasteiger charge is 2.51. The van der Waals surface area contributed by atoms with Crippen LogP contribution in [-0.2, 0) is 21.3 Å². The van der Waals surface area contributed by atoms with Crippen molar-refractivity contribution in [2.45, 2.75) is 18.6 Å². The first-order valence-electron chi connectivity index (χ1n) is 8.24. The molecule has 1 aliphatic heterocycles. The Morgan fingerprint density at radius 2 is 1.64 bits per heavy atom. The molecule has 0 unspecified atom stereocenters. The minimum Gasteiger partial charge on any atom is -0.319 e. The fraction of sp³-hybridized carbons (Fsp3) is 0.150. The fourth-order valence-corrected chi connectivity index (χ4v) is 2.83. The molecule has 1 N–H and O–H groups in total. The Morgan fingerprint density at radius 3 is 2.21 bits per heavy atom. The lowest BCUT2D eigenvalue weighted by atomic mass is 9.92. The normalized spacial score (nSPS) is 19.9. The number of benzene rings is 2. The zero-order valence-corrected chi connectivity index (χ0v) is 14.7. The first-order chi connectivity index (χ1) is 13.1. The quantitative estimate of drug-likeness (QED) is 0.644. The summed E-state index contributed by atoms with van der Waals surface area (Å²) in [5.41, 5.74) is -1.35. The third kappa shape index (κ3) is 3.53. The van der Waals surface area contributed by atoms with Crippen LogP contribution < -0.4 is 5.32 Å². The number of carbonyl (C=O) groups excluding carboxylic acids is 3. The number of hydrogen-bond acceptors (Lipinski definition) is 3. The second kappa shape index (κ2) is 6.95. The van der Waals surface area contributed by atoms with Gasteiger partial charge in [0.25, 0.3) is 11.8 Å². The monoisotopic (exact) mass is 388 g/mol. The Labute approximate surface area is 158 Å². The van der Waals surface area contributed by atoms with Gasteiger partial charge in [-0.3, -0.25) is 9.59 Å². The Kier molecular flexibility index (Phi) is 4.80. The van der Waals surface area contributed by atoms with Crippen LogP contribution in [0.15, 0.2) is 60.7 Å². The molecule has 1 fully saturated rings. The third-order valence-corrected chi connectivity index (χ3v) is 4.42. The van der Waals surface area contributed by atoms with Gasteiger partial charge in [-0.1, -0.05) is 42.5 Å². The van der Waals surface area contributed by atoms with Crippen LogP contribution in [0.4, 0.5) is 18.0 Å². The van der Waals surface area contributed by atoms with Gasteiger partial charge in [0.1, 0.15) is 5.54 Å². The summed E-state index contributed by atoms with van der Waals surface area (Å²) in [4.78, 5) is 37.7. The van der Waals surface area contributed by atoms with Crippen molar-refractivity contribution in [1.29, 1.82) is 0 Å². The van der Waals surface area contributed by atoms with Gasteiger partial charge in [0.05, 0.1) is 5.56 Å². The van der Waals surface area contributed by atoms with Gasteiger partial charge < -0.3 is 5.32 Å². The number of hydrogen-bond donors (Lipinski definition) is 1. The summed E-state index contributed by atoms with van der Waals surface area (Å²) in [7, 11) is 0. The Balaban J connectivity index is 1.78. The second-order valence-electron chi connectivity index (χ2n) is 6.35. The summed E-state index contributed by atoms with van der Waals surface area (Å²) in [6.07, 6.45) is -2.25. The lowest BCUT2D eigenvalue weighted by molar-refractivity contribution is -0.139. The molecule has 0 aromatic heterocycles. The van der Waals surface area contributed by atoms with Crippen molar-refractivity contribution in [3.05, 3.63) is 77.4 Å². The third-order valence-electron chi connectivity index (χ3n) is 4.42. The number of halogens is 3. The highest BCUT2D eigenvalue weighted by molar-refractivity contribution is 6.21. The van der Waals surface area contributed by atoms with E-state index in [0.29, 0.717) is 16.0 Å². The molecular formula is C20H15F3N2O3. The van der Waals surface area contributed by atoms with Crippen molar-refractivity contribution < 1.29 is 27.6 Å². The van der Waals surface area contributed by atoms with Crippen LogP contribution in [0.25, 0.3) is 6.08 Å². The van der Waals surface area contributed by atoms with Gasteiger partial charge in [0.2, 0.25) is 0 Å². The molecule has 1 heterocycles. The minimum atomic E-state index is -4.46. The van der Waals surface area contributed by atoms with Crippen molar-refractivity contribution in [2.24, 2.45) is 0 Å². The maximum absolute atomic E-state index is 12.7. The first kappa shape index (κ1) is 19.3. The van der Waals surface area contributed by atoms with Crippen LogP contribution in [0.1, 0.15) is 23.6 Å². The minimum absolute atomic E-state index is 0.319. The van der Waals surface area contributed by atoms with E-state index in [1.807, 2.05) is 0 Å². The van der Waals surface area contributed by atoms with Gasteiger partial charge in [-0.05, 0) is 36.3 Å². The zero-order chi connectivity index (χ0) is 20.5. The molecule has 28 heavy (non-hydrogen) atoms. The van der Waals surface area contributed by atoms with Crippen LogP contribution in [0.5, 0.6) is 0 Å². The highest BCUT2D eigenvalue weighted by atomic mass is 19.4. The van der Waals surface area contributed by atoms with Crippen molar-refractivity contribution in [2.75, 3.05) is 0 Å². The topological polar surface area (TPSA) is 66.5 Å². The number of alkyl halides is 3. The maximum Gasteiger partial charge on any atom is 0.416 e. The number of carbonyl (C=O) groups is 3. The van der Waals surface area contributed by atoms with Crippen molar-refractivity contribution in [1.82, 2.24) is 10.2 Å². The molecule has 1 atom stereocenters. The molecule has 3 rings (SSSR count). The van der Waals surface area contributed by atoms with E-state index in [2.05, 4.69) is 5.32 Å². The molecule has 2 aromatic carbocycles. The van der Waals surface area contributed by atoms with E-state index in [9.17, 15) is 27.6 Å². The van der Waals surface area contributed by atoms with E-state index in [0.717, 1.165) is 18.2 Å². The van der Waals surface area contributed by atoms with Crippen LogP contribution >= 0.6 is 0 Å². The smallest absolute Gasteiger partial charge is 0.319 e. The van der Waals surface area contributed by atoms with Crippen LogP contribution in [0, 0.1) is 0 Å². The van der Waals surface area contributed by atoms with Crippen molar-refractivity contribution in [3.8, 4) is 0 Å². The molecular weight excluding hydrogens is 373 g/mol. The van der Waals surface area contributed by atoms with Crippen LogP contribution in [0.2, 0.25) is 0 Å². The van der Waals surface area contributed by atoms with Gasteiger partial charge >= 0.3 is 12.2 Å². The standard InChI is InChI=1S/C20H15F3N2O3/c1-19(14-5-3-2-4-6-14)17(27)25(18(28)24-19)16(26)12-9-13-7-10-15(11-8-13)20(21,22)23/h2-12H,1H3,(H,24,28)/t19-/m0/s1. The average molecular weight is 388 g/mol. The van der Waals surface area contributed by atoms with Gasteiger partial charge in [0.15, 0.2) is 0 Å². The zero-order valence-electron chi connectivity index (χ0n) is 14.7. The predicted octanol–water partition coefficient (Wildman–Crippen LogP) is 3.71. The Bertz CT molecular complexity index is 953. The second-order valence-corrected chi connectivity index (χ2v) is 6.35. The Morgan fingerprint density at radius 1 is 1.04 bits per heavy atom. The van der Waals surface area contributed by atoms with E-state index in [-0.39, 0.29) is 0 Å². The molecule has 0 saturated carbocycles. The molecule has 4 amide bonds. The number of amides is 4. The lowest BCUT2D eigenvalue weighted by Crippen LogP contribution is -2.41. The summed E-state index contributed by atoms with van der Waals surface area (Å²) in [5, 5.41) is 2.51.